The summed E-state index contributed by atoms with van der Waals surface area (Å²) >= 11 is 0. The molecule has 4 nitrogen and oxygen atoms in total. The Balaban J connectivity index is 0.965. The van der Waals surface area contributed by atoms with E-state index in [4.69, 9.17) is 15.0 Å². The molecule has 0 aliphatic heterocycles. The SMILES string of the molecule is c1ccc(-c2nc(-c3cccc(-c4cccc5c4c4ccccc4n5-c4ccccc4)c3)nc(-c3ccc4c(c3)-c3ccccc3C43C4CC5CC(C4)CC3C5)n2)cc1. The fraction of sp³-hybridized carbons (Fsp3) is 0.182. The van der Waals surface area contributed by atoms with E-state index in [1.807, 2.05) is 6.07 Å². The Hall–Kier alpha value is -6.65. The van der Waals surface area contributed by atoms with Gasteiger partial charge in [-0.1, -0.05) is 133 Å². The van der Waals surface area contributed by atoms with Gasteiger partial charge in [-0.25, -0.2) is 15.0 Å². The van der Waals surface area contributed by atoms with Crippen molar-refractivity contribution in [2.45, 2.75) is 37.5 Å². The molecule has 4 fully saturated rings. The van der Waals surface area contributed by atoms with Gasteiger partial charge in [0.2, 0.25) is 0 Å². The van der Waals surface area contributed by atoms with Gasteiger partial charge in [0.25, 0.3) is 0 Å². The van der Waals surface area contributed by atoms with Crippen LogP contribution in [-0.2, 0) is 5.41 Å². The third kappa shape index (κ3) is 4.86. The van der Waals surface area contributed by atoms with E-state index in [2.05, 4.69) is 168 Å². The molecule has 4 heteroatoms. The molecule has 59 heavy (non-hydrogen) atoms. The third-order valence-electron chi connectivity index (χ3n) is 14.6. The van der Waals surface area contributed by atoms with Gasteiger partial charge >= 0.3 is 0 Å². The number of aromatic nitrogens is 4. The molecule has 2 heterocycles. The van der Waals surface area contributed by atoms with Crippen LogP contribution in [0.25, 0.3) is 83.9 Å². The van der Waals surface area contributed by atoms with Gasteiger partial charge in [0.1, 0.15) is 0 Å². The zero-order valence-corrected chi connectivity index (χ0v) is 32.8. The van der Waals surface area contributed by atoms with Gasteiger partial charge in [0.05, 0.1) is 11.0 Å². The maximum Gasteiger partial charge on any atom is 0.164 e. The molecule has 9 aromatic rings. The van der Waals surface area contributed by atoms with Crippen molar-refractivity contribution >= 4 is 21.8 Å². The Labute approximate surface area is 344 Å². The van der Waals surface area contributed by atoms with Gasteiger partial charge in [0, 0.05) is 38.6 Å². The predicted molar refractivity (Wildman–Crippen MR) is 239 cm³/mol. The maximum atomic E-state index is 5.32. The minimum Gasteiger partial charge on any atom is -0.309 e. The van der Waals surface area contributed by atoms with Crippen molar-refractivity contribution in [3.05, 3.63) is 181 Å². The van der Waals surface area contributed by atoms with Gasteiger partial charge in [0.15, 0.2) is 17.5 Å². The minimum absolute atomic E-state index is 0.133. The number of benzene rings is 7. The number of hydrogen-bond donors (Lipinski definition) is 0. The van der Waals surface area contributed by atoms with E-state index in [0.717, 1.165) is 51.6 Å². The summed E-state index contributed by atoms with van der Waals surface area (Å²) in [5, 5.41) is 2.47. The van der Waals surface area contributed by atoms with E-state index in [1.54, 1.807) is 11.1 Å². The van der Waals surface area contributed by atoms with Gasteiger partial charge in [-0.15, -0.1) is 0 Å². The van der Waals surface area contributed by atoms with Gasteiger partial charge in [-0.05, 0) is 126 Å². The van der Waals surface area contributed by atoms with Crippen LogP contribution < -0.4 is 0 Å². The van der Waals surface area contributed by atoms with Crippen molar-refractivity contribution in [2.75, 3.05) is 0 Å². The fourth-order valence-electron chi connectivity index (χ4n) is 12.6. The van der Waals surface area contributed by atoms with Crippen molar-refractivity contribution in [3.63, 3.8) is 0 Å². The van der Waals surface area contributed by atoms with Crippen LogP contribution in [0.15, 0.2) is 170 Å². The number of fused-ring (bicyclic) bond motifs is 6. The molecular weight excluding hydrogens is 717 g/mol. The second-order valence-electron chi connectivity index (χ2n) is 17.6. The minimum atomic E-state index is 0.133. The second-order valence-corrected chi connectivity index (χ2v) is 17.6. The molecule has 0 saturated heterocycles. The zero-order valence-electron chi connectivity index (χ0n) is 32.8. The fourth-order valence-corrected chi connectivity index (χ4v) is 12.6. The van der Waals surface area contributed by atoms with Gasteiger partial charge < -0.3 is 4.57 Å². The van der Waals surface area contributed by atoms with E-state index in [-0.39, 0.29) is 5.41 Å². The Morgan fingerprint density at radius 2 is 0.966 bits per heavy atom. The van der Waals surface area contributed by atoms with E-state index in [9.17, 15) is 0 Å². The molecule has 0 amide bonds. The van der Waals surface area contributed by atoms with Crippen LogP contribution in [0.5, 0.6) is 0 Å². The Morgan fingerprint density at radius 1 is 0.407 bits per heavy atom. The van der Waals surface area contributed by atoms with Crippen molar-refractivity contribution in [2.24, 2.45) is 23.7 Å². The molecular formula is C55H42N4. The van der Waals surface area contributed by atoms with Crippen molar-refractivity contribution in [3.8, 4) is 62.1 Å². The normalized spacial score (nSPS) is 22.3. The van der Waals surface area contributed by atoms with Crippen LogP contribution in [0.1, 0.15) is 43.2 Å². The first-order valence-electron chi connectivity index (χ1n) is 21.5. The summed E-state index contributed by atoms with van der Waals surface area (Å²) in [6, 6.07) is 61.7. The van der Waals surface area contributed by atoms with Gasteiger partial charge in [-0.3, -0.25) is 0 Å². The summed E-state index contributed by atoms with van der Waals surface area (Å²) < 4.78 is 2.38. The van der Waals surface area contributed by atoms with Crippen molar-refractivity contribution < 1.29 is 0 Å². The average molecular weight is 759 g/mol. The van der Waals surface area contributed by atoms with Crippen LogP contribution >= 0.6 is 0 Å². The Morgan fingerprint density at radius 3 is 1.75 bits per heavy atom. The molecule has 1 spiro atoms. The standard InChI is InChI=1S/C55H42N4/c1-3-13-36(14-4-1)52-56-53(38-16-11-15-37(32-38)43-21-12-24-50-51(43)45-20-8-10-23-49(45)59(50)42-17-5-2-6-18-42)58-54(57-52)39-25-26-48-46(33-39)44-19-7-9-22-47(44)55(48)40-28-34-27-35(30-40)31-41(55)29-34/h1-26,32-35,40-41H,27-31H2. The topological polar surface area (TPSA) is 43.6 Å². The summed E-state index contributed by atoms with van der Waals surface area (Å²) in [6.07, 6.45) is 6.97. The van der Waals surface area contributed by atoms with Crippen LogP contribution in [0.4, 0.5) is 0 Å². The highest BCUT2D eigenvalue weighted by Crippen LogP contribution is 2.69. The van der Waals surface area contributed by atoms with Crippen molar-refractivity contribution in [1.82, 2.24) is 19.5 Å². The molecule has 7 aromatic carbocycles. The first-order valence-corrected chi connectivity index (χ1v) is 21.5. The highest BCUT2D eigenvalue weighted by Gasteiger charge is 2.61. The smallest absolute Gasteiger partial charge is 0.164 e. The highest BCUT2D eigenvalue weighted by molar-refractivity contribution is 6.15. The monoisotopic (exact) mass is 758 g/mol. The third-order valence-corrected chi connectivity index (χ3v) is 14.6. The maximum absolute atomic E-state index is 5.32. The molecule has 4 bridgehead atoms. The average Bonchev–Trinajstić information content (AvgIpc) is 3.79. The van der Waals surface area contributed by atoms with E-state index < -0.39 is 0 Å². The Bertz CT molecular complexity index is 3100. The van der Waals surface area contributed by atoms with Crippen LogP contribution in [-0.4, -0.2) is 19.5 Å². The van der Waals surface area contributed by atoms with Crippen LogP contribution in [0.3, 0.4) is 0 Å². The lowest BCUT2D eigenvalue weighted by molar-refractivity contribution is -0.0399. The molecule has 4 saturated carbocycles. The first-order chi connectivity index (χ1) is 29.2. The summed E-state index contributed by atoms with van der Waals surface area (Å²) in [6.45, 7) is 0. The molecule has 282 valence electrons. The highest BCUT2D eigenvalue weighted by atomic mass is 15.0. The molecule has 0 N–H and O–H groups in total. The molecule has 0 unspecified atom stereocenters. The Kier molecular flexibility index (Phi) is 7.16. The number of para-hydroxylation sites is 2. The molecule has 0 radical (unpaired) electrons. The molecule has 14 rings (SSSR count). The van der Waals surface area contributed by atoms with E-state index in [1.165, 1.54) is 70.6 Å². The number of hydrogen-bond acceptors (Lipinski definition) is 3. The van der Waals surface area contributed by atoms with Crippen LogP contribution in [0.2, 0.25) is 0 Å². The lowest BCUT2D eigenvalue weighted by Crippen LogP contribution is -2.55. The van der Waals surface area contributed by atoms with E-state index in [0.29, 0.717) is 17.5 Å². The second kappa shape index (κ2) is 12.7. The molecule has 5 aliphatic rings. The predicted octanol–water partition coefficient (Wildman–Crippen LogP) is 13.4. The molecule has 0 atom stereocenters. The van der Waals surface area contributed by atoms with Crippen LogP contribution in [0, 0.1) is 23.7 Å². The summed E-state index contributed by atoms with van der Waals surface area (Å²) in [5.41, 5.74) is 14.8. The first kappa shape index (κ1) is 33.3. The lowest BCUT2D eigenvalue weighted by Gasteiger charge is -2.61. The van der Waals surface area contributed by atoms with Gasteiger partial charge in [-0.2, -0.15) is 0 Å². The van der Waals surface area contributed by atoms with Crippen molar-refractivity contribution in [1.29, 1.82) is 0 Å². The number of nitrogens with zero attached hydrogens (tertiary/aromatic N) is 4. The summed E-state index contributed by atoms with van der Waals surface area (Å²) in [4.78, 5) is 15.7. The molecule has 5 aliphatic carbocycles. The summed E-state index contributed by atoms with van der Waals surface area (Å²) in [7, 11) is 0. The zero-order chi connectivity index (χ0) is 38.7. The largest absolute Gasteiger partial charge is 0.309 e. The number of rotatable bonds is 5. The summed E-state index contributed by atoms with van der Waals surface area (Å²) in [5.74, 6) is 5.36. The quantitative estimate of drug-likeness (QED) is 0.176. The molecule has 2 aromatic heterocycles. The van der Waals surface area contributed by atoms with E-state index >= 15 is 0 Å². The lowest BCUT2D eigenvalue weighted by atomic mass is 9.43.